The molecular weight excluding hydrogens is 232 g/mol. The summed E-state index contributed by atoms with van der Waals surface area (Å²) in [6, 6.07) is 8.21. The molecule has 0 fully saturated rings. The molecule has 0 aliphatic heterocycles. The first-order valence-corrected chi connectivity index (χ1v) is 5.42. The van der Waals surface area contributed by atoms with Crippen molar-refractivity contribution in [3.63, 3.8) is 0 Å². The van der Waals surface area contributed by atoms with E-state index in [1.165, 1.54) is 6.92 Å². The maximum absolute atomic E-state index is 11.7. The van der Waals surface area contributed by atoms with Crippen molar-refractivity contribution >= 4 is 17.4 Å². The third-order valence-corrected chi connectivity index (χ3v) is 2.41. The number of aromatic nitrogens is 1. The van der Waals surface area contributed by atoms with E-state index in [0.29, 0.717) is 17.0 Å². The van der Waals surface area contributed by atoms with Gasteiger partial charge in [0.2, 0.25) is 0 Å². The summed E-state index contributed by atoms with van der Waals surface area (Å²) >= 11 is 0. The summed E-state index contributed by atoms with van der Waals surface area (Å²) in [6.45, 7) is 3.21. The average Bonchev–Trinajstić information content (AvgIpc) is 2.76. The van der Waals surface area contributed by atoms with Gasteiger partial charge in [-0.2, -0.15) is 0 Å². The van der Waals surface area contributed by atoms with E-state index in [0.717, 1.165) is 0 Å². The second-order valence-corrected chi connectivity index (χ2v) is 3.91. The van der Waals surface area contributed by atoms with Crippen LogP contribution in [0.3, 0.4) is 0 Å². The summed E-state index contributed by atoms with van der Waals surface area (Å²) in [5, 5.41) is 6.28. The number of anilines is 1. The number of hydrogen-bond donors (Lipinski definition) is 1. The van der Waals surface area contributed by atoms with Crippen molar-refractivity contribution in [3.05, 3.63) is 47.3 Å². The van der Waals surface area contributed by atoms with Crippen molar-refractivity contribution in [2.45, 2.75) is 13.8 Å². The number of nitrogens with zero attached hydrogens (tertiary/aromatic N) is 1. The van der Waals surface area contributed by atoms with Crippen LogP contribution in [0, 0.1) is 6.92 Å². The van der Waals surface area contributed by atoms with Crippen molar-refractivity contribution < 1.29 is 14.1 Å². The van der Waals surface area contributed by atoms with Gasteiger partial charge in [0.05, 0.1) is 0 Å². The van der Waals surface area contributed by atoms with Gasteiger partial charge >= 0.3 is 0 Å². The summed E-state index contributed by atoms with van der Waals surface area (Å²) in [5.74, 6) is 0.217. The van der Waals surface area contributed by atoms with E-state index >= 15 is 0 Å². The fourth-order valence-corrected chi connectivity index (χ4v) is 1.46. The molecule has 0 spiro atoms. The minimum atomic E-state index is -0.345. The number of aryl methyl sites for hydroxylation is 1. The van der Waals surface area contributed by atoms with Crippen molar-refractivity contribution in [2.75, 3.05) is 5.32 Å². The molecule has 5 nitrogen and oxygen atoms in total. The zero-order valence-electron chi connectivity index (χ0n) is 10.1. The van der Waals surface area contributed by atoms with Crippen LogP contribution in [0.1, 0.15) is 33.5 Å². The number of amides is 1. The Morgan fingerprint density at radius 3 is 2.39 bits per heavy atom. The van der Waals surface area contributed by atoms with E-state index in [2.05, 4.69) is 10.5 Å². The molecule has 1 amide bonds. The number of carbonyl (C=O) groups is 2. The highest BCUT2D eigenvalue weighted by Gasteiger charge is 2.11. The maximum Gasteiger partial charge on any atom is 0.277 e. The van der Waals surface area contributed by atoms with E-state index in [9.17, 15) is 9.59 Å². The Morgan fingerprint density at radius 2 is 1.89 bits per heavy atom. The molecular formula is C13H12N2O3. The molecule has 0 aliphatic carbocycles. The van der Waals surface area contributed by atoms with Crippen LogP contribution in [0.4, 0.5) is 5.69 Å². The van der Waals surface area contributed by atoms with Crippen LogP contribution in [-0.4, -0.2) is 16.8 Å². The zero-order chi connectivity index (χ0) is 13.1. The summed E-state index contributed by atoms with van der Waals surface area (Å²) in [6.07, 6.45) is 0. The van der Waals surface area contributed by atoms with E-state index in [4.69, 9.17) is 4.52 Å². The molecule has 0 aliphatic rings. The van der Waals surface area contributed by atoms with Crippen molar-refractivity contribution in [1.29, 1.82) is 0 Å². The van der Waals surface area contributed by atoms with Gasteiger partial charge in [0.15, 0.2) is 11.5 Å². The Balaban J connectivity index is 2.10. The van der Waals surface area contributed by atoms with Gasteiger partial charge in [0, 0.05) is 17.3 Å². The lowest BCUT2D eigenvalue weighted by molar-refractivity contribution is 0.101. The first-order chi connectivity index (χ1) is 8.56. The van der Waals surface area contributed by atoms with Gasteiger partial charge in [0.25, 0.3) is 5.91 Å². The highest BCUT2D eigenvalue weighted by atomic mass is 16.5. The lowest BCUT2D eigenvalue weighted by Crippen LogP contribution is -2.12. The largest absolute Gasteiger partial charge is 0.361 e. The van der Waals surface area contributed by atoms with Crippen LogP contribution in [0.15, 0.2) is 34.9 Å². The number of rotatable bonds is 3. The number of Topliss-reactive ketones (excluding diaryl/α,β-unsaturated/α-hetero) is 1. The molecule has 1 N–H and O–H groups in total. The number of nitrogens with one attached hydrogen (secondary N) is 1. The molecule has 18 heavy (non-hydrogen) atoms. The van der Waals surface area contributed by atoms with Crippen molar-refractivity contribution in [2.24, 2.45) is 0 Å². The lowest BCUT2D eigenvalue weighted by atomic mass is 10.1. The molecule has 92 valence electrons. The molecule has 0 bridgehead atoms. The highest BCUT2D eigenvalue weighted by molar-refractivity contribution is 6.03. The second-order valence-electron chi connectivity index (χ2n) is 3.91. The minimum Gasteiger partial charge on any atom is -0.361 e. The van der Waals surface area contributed by atoms with Crippen LogP contribution in [0.5, 0.6) is 0 Å². The van der Waals surface area contributed by atoms with Crippen molar-refractivity contribution in [1.82, 2.24) is 5.16 Å². The summed E-state index contributed by atoms with van der Waals surface area (Å²) in [5.41, 5.74) is 1.43. The van der Waals surface area contributed by atoms with E-state index in [-0.39, 0.29) is 17.4 Å². The number of ketones is 1. The van der Waals surface area contributed by atoms with Gasteiger partial charge in [-0.3, -0.25) is 9.59 Å². The monoisotopic (exact) mass is 244 g/mol. The molecule has 1 aromatic carbocycles. The average molecular weight is 244 g/mol. The van der Waals surface area contributed by atoms with E-state index < -0.39 is 0 Å². The molecule has 0 atom stereocenters. The van der Waals surface area contributed by atoms with Crippen LogP contribution >= 0.6 is 0 Å². The predicted molar refractivity (Wildman–Crippen MR) is 65.6 cm³/mol. The van der Waals surface area contributed by atoms with E-state index in [1.807, 2.05) is 0 Å². The minimum absolute atomic E-state index is 0.0139. The SMILES string of the molecule is CC(=O)c1ccc(NC(=O)c2cc(C)on2)cc1. The topological polar surface area (TPSA) is 72.2 Å². The fraction of sp³-hybridized carbons (Fsp3) is 0.154. The van der Waals surface area contributed by atoms with Gasteiger partial charge in [0.1, 0.15) is 5.76 Å². The number of carbonyl (C=O) groups excluding carboxylic acids is 2. The number of benzene rings is 1. The zero-order valence-corrected chi connectivity index (χ0v) is 10.1. The van der Waals surface area contributed by atoms with E-state index in [1.54, 1.807) is 37.3 Å². The third kappa shape index (κ3) is 2.63. The van der Waals surface area contributed by atoms with Gasteiger partial charge < -0.3 is 9.84 Å². The molecule has 2 aromatic rings. The molecule has 1 heterocycles. The smallest absolute Gasteiger partial charge is 0.277 e. The van der Waals surface area contributed by atoms with Crippen LogP contribution in [0.2, 0.25) is 0 Å². The first-order valence-electron chi connectivity index (χ1n) is 5.42. The predicted octanol–water partition coefficient (Wildman–Crippen LogP) is 2.44. The molecule has 1 aromatic heterocycles. The molecule has 0 unspecified atom stereocenters. The van der Waals surface area contributed by atoms with Gasteiger partial charge in [-0.1, -0.05) is 5.16 Å². The van der Waals surface area contributed by atoms with Crippen LogP contribution < -0.4 is 5.32 Å². The third-order valence-electron chi connectivity index (χ3n) is 2.41. The molecule has 0 radical (unpaired) electrons. The Labute approximate surface area is 104 Å². The van der Waals surface area contributed by atoms with Crippen LogP contribution in [-0.2, 0) is 0 Å². The Bertz CT molecular complexity index is 585. The number of hydrogen-bond acceptors (Lipinski definition) is 4. The molecule has 0 saturated heterocycles. The normalized spacial score (nSPS) is 10.1. The standard InChI is InChI=1S/C13H12N2O3/c1-8-7-12(15-18-8)13(17)14-11-5-3-10(4-6-11)9(2)16/h3-7H,1-2H3,(H,14,17). The highest BCUT2D eigenvalue weighted by Crippen LogP contribution is 2.12. The quantitative estimate of drug-likeness (QED) is 0.841. The van der Waals surface area contributed by atoms with Crippen molar-refractivity contribution in [3.8, 4) is 0 Å². The maximum atomic E-state index is 11.7. The fourth-order valence-electron chi connectivity index (χ4n) is 1.46. The van der Waals surface area contributed by atoms with Gasteiger partial charge in [-0.15, -0.1) is 0 Å². The van der Waals surface area contributed by atoms with Crippen LogP contribution in [0.25, 0.3) is 0 Å². The van der Waals surface area contributed by atoms with Gasteiger partial charge in [-0.05, 0) is 38.1 Å². The Hall–Kier alpha value is -2.43. The summed E-state index contributed by atoms with van der Waals surface area (Å²) < 4.78 is 4.82. The molecule has 5 heteroatoms. The Morgan fingerprint density at radius 1 is 1.22 bits per heavy atom. The lowest BCUT2D eigenvalue weighted by Gasteiger charge is -2.03. The first kappa shape index (κ1) is 12.0. The summed E-state index contributed by atoms with van der Waals surface area (Å²) in [7, 11) is 0. The second kappa shape index (κ2) is 4.83. The molecule has 2 rings (SSSR count). The van der Waals surface area contributed by atoms with Gasteiger partial charge in [-0.25, -0.2) is 0 Å². The molecule has 0 saturated carbocycles. The Kier molecular flexibility index (Phi) is 3.23. The summed E-state index contributed by atoms with van der Waals surface area (Å²) in [4.78, 5) is 22.8.